The minimum atomic E-state index is -1.97. The molecule has 2 fully saturated rings. The average molecular weight is 765 g/mol. The van der Waals surface area contributed by atoms with Crippen molar-refractivity contribution in [2.45, 2.75) is 89.1 Å². The van der Waals surface area contributed by atoms with E-state index in [0.717, 1.165) is 20.8 Å². The van der Waals surface area contributed by atoms with Gasteiger partial charge in [0.05, 0.1) is 22.8 Å². The van der Waals surface area contributed by atoms with Gasteiger partial charge in [0.15, 0.2) is 49.2 Å². The molecule has 2 aliphatic rings. The molecule has 2 heterocycles. The van der Waals surface area contributed by atoms with Crippen LogP contribution in [-0.4, -0.2) is 109 Å². The van der Waals surface area contributed by atoms with E-state index in [0.29, 0.717) is 0 Å². The SMILES string of the molecule is CC(=O)OC[C@H]1O[C@@H](O)[C@H](O[C@@H]2O[C@@H](C)[C@H](OC(=O)c3ccccc3)[C@@H](OC(=O)c3ccccc3)[C@H]2OC(=O)c2ccccc2)[C@@H](OC(C)=O)[C@H]1OC(C)=O. The molecule has 0 saturated carbocycles. The highest BCUT2D eigenvalue weighted by atomic mass is 16.8. The maximum absolute atomic E-state index is 13.7. The lowest BCUT2D eigenvalue weighted by atomic mass is 9.96. The number of rotatable bonds is 12. The second-order valence-corrected chi connectivity index (χ2v) is 12.5. The lowest BCUT2D eigenvalue weighted by Crippen LogP contribution is -2.66. The molecule has 0 amide bonds. The van der Waals surface area contributed by atoms with Gasteiger partial charge in [0, 0.05) is 20.8 Å². The molecule has 5 rings (SSSR count). The van der Waals surface area contributed by atoms with Crippen LogP contribution in [0.4, 0.5) is 0 Å². The third-order valence-corrected chi connectivity index (χ3v) is 8.44. The molecule has 1 N–H and O–H groups in total. The Hall–Kier alpha value is -5.68. The van der Waals surface area contributed by atoms with Crippen molar-refractivity contribution in [2.24, 2.45) is 0 Å². The van der Waals surface area contributed by atoms with Gasteiger partial charge in [-0.15, -0.1) is 0 Å². The third kappa shape index (κ3) is 10.5. The van der Waals surface area contributed by atoms with Crippen LogP contribution in [0.1, 0.15) is 58.8 Å². The van der Waals surface area contributed by atoms with Crippen LogP contribution in [-0.2, 0) is 57.0 Å². The molecule has 16 heteroatoms. The number of ether oxygens (including phenoxy) is 9. The van der Waals surface area contributed by atoms with Crippen LogP contribution in [0.5, 0.6) is 0 Å². The van der Waals surface area contributed by atoms with Crippen molar-refractivity contribution in [1.29, 1.82) is 0 Å². The van der Waals surface area contributed by atoms with Gasteiger partial charge in [0.1, 0.15) is 12.7 Å². The highest BCUT2D eigenvalue weighted by Crippen LogP contribution is 2.35. The van der Waals surface area contributed by atoms with Gasteiger partial charge in [-0.3, -0.25) is 14.4 Å². The minimum absolute atomic E-state index is 0.0768. The molecule has 55 heavy (non-hydrogen) atoms. The molecule has 0 radical (unpaired) electrons. The molecule has 16 nitrogen and oxygen atoms in total. The van der Waals surface area contributed by atoms with Crippen molar-refractivity contribution in [3.8, 4) is 0 Å². The largest absolute Gasteiger partial charge is 0.463 e. The van der Waals surface area contributed by atoms with E-state index in [1.54, 1.807) is 54.6 Å². The molecule has 3 aromatic rings. The maximum Gasteiger partial charge on any atom is 0.338 e. The van der Waals surface area contributed by atoms with E-state index >= 15 is 0 Å². The van der Waals surface area contributed by atoms with Crippen LogP contribution < -0.4 is 0 Å². The van der Waals surface area contributed by atoms with E-state index in [-0.39, 0.29) is 16.7 Å². The number of hydrogen-bond acceptors (Lipinski definition) is 16. The molecule has 0 aromatic heterocycles. The molecule has 2 aliphatic heterocycles. The Morgan fingerprint density at radius 1 is 0.527 bits per heavy atom. The molecule has 0 unspecified atom stereocenters. The quantitative estimate of drug-likeness (QED) is 0.208. The Balaban J connectivity index is 1.56. The summed E-state index contributed by atoms with van der Waals surface area (Å²) in [4.78, 5) is 77.0. The van der Waals surface area contributed by atoms with Crippen LogP contribution in [0, 0.1) is 0 Å². The van der Waals surface area contributed by atoms with Crippen molar-refractivity contribution in [1.82, 2.24) is 0 Å². The topological polar surface area (TPSA) is 206 Å². The van der Waals surface area contributed by atoms with Crippen molar-refractivity contribution < 1.29 is 76.5 Å². The summed E-state index contributed by atoms with van der Waals surface area (Å²) in [6.45, 7) is 4.21. The zero-order valence-electron chi connectivity index (χ0n) is 30.2. The Bertz CT molecular complexity index is 1800. The van der Waals surface area contributed by atoms with Crippen molar-refractivity contribution >= 4 is 35.8 Å². The average Bonchev–Trinajstić information content (AvgIpc) is 3.16. The number of carbonyl (C=O) groups excluding carboxylic acids is 6. The zero-order chi connectivity index (χ0) is 39.6. The van der Waals surface area contributed by atoms with Crippen molar-refractivity contribution in [2.75, 3.05) is 6.61 Å². The molecular weight excluding hydrogens is 724 g/mol. The van der Waals surface area contributed by atoms with E-state index in [2.05, 4.69) is 0 Å². The fourth-order valence-corrected chi connectivity index (χ4v) is 5.99. The summed E-state index contributed by atoms with van der Waals surface area (Å²) < 4.78 is 51.9. The molecular formula is C39H40O16. The number of benzene rings is 3. The van der Waals surface area contributed by atoms with Gasteiger partial charge >= 0.3 is 35.8 Å². The van der Waals surface area contributed by atoms with E-state index in [1.165, 1.54) is 43.3 Å². The first-order valence-corrected chi connectivity index (χ1v) is 17.2. The third-order valence-electron chi connectivity index (χ3n) is 8.44. The summed E-state index contributed by atoms with van der Waals surface area (Å²) in [5.41, 5.74) is 0.341. The summed E-state index contributed by atoms with van der Waals surface area (Å²) >= 11 is 0. The Kier molecular flexibility index (Phi) is 13.7. The predicted molar refractivity (Wildman–Crippen MR) is 185 cm³/mol. The van der Waals surface area contributed by atoms with Gasteiger partial charge < -0.3 is 47.7 Å². The number of carbonyl (C=O) groups is 6. The fraction of sp³-hybridized carbons (Fsp3) is 0.385. The Labute approximate surface area is 315 Å². The van der Waals surface area contributed by atoms with E-state index < -0.39 is 104 Å². The summed E-state index contributed by atoms with van der Waals surface area (Å²) in [7, 11) is 0. The number of hydrogen-bond donors (Lipinski definition) is 1. The number of esters is 6. The van der Waals surface area contributed by atoms with Crippen LogP contribution in [0.15, 0.2) is 91.0 Å². The smallest absolute Gasteiger partial charge is 0.338 e. The van der Waals surface area contributed by atoms with Gasteiger partial charge in [0.25, 0.3) is 0 Å². The molecule has 0 bridgehead atoms. The molecule has 3 aromatic carbocycles. The molecule has 0 aliphatic carbocycles. The second-order valence-electron chi connectivity index (χ2n) is 12.5. The highest BCUT2D eigenvalue weighted by molar-refractivity contribution is 5.91. The standard InChI is InChI=1S/C39H40O16/c1-21-29(52-35(43)25-14-8-5-9-15-25)31(53-36(44)26-16-10-6-11-17-26)34(54-37(45)27-18-12-7-13-19-27)39(48-21)55-33-32(50-24(4)42)30(49-23(3)41)28(51-38(33)46)20-47-22(2)40/h5-19,21,28-34,38-39,46H,20H2,1-4H3/t21-,28+,29-,30-,31+,32-,33+,34+,38+,39-/m0/s1. The lowest BCUT2D eigenvalue weighted by molar-refractivity contribution is -0.358. The van der Waals surface area contributed by atoms with Gasteiger partial charge in [-0.2, -0.15) is 0 Å². The summed E-state index contributed by atoms with van der Waals surface area (Å²) in [6, 6.07) is 23.6. The van der Waals surface area contributed by atoms with Gasteiger partial charge in [0.2, 0.25) is 0 Å². The van der Waals surface area contributed by atoms with Gasteiger partial charge in [-0.05, 0) is 43.3 Å². The van der Waals surface area contributed by atoms with E-state index in [4.69, 9.17) is 42.6 Å². The van der Waals surface area contributed by atoms with Crippen molar-refractivity contribution in [3.63, 3.8) is 0 Å². The normalized spacial score (nSPS) is 27.4. The number of aliphatic hydroxyl groups is 1. The summed E-state index contributed by atoms with van der Waals surface area (Å²) in [5, 5.41) is 11.3. The van der Waals surface area contributed by atoms with Gasteiger partial charge in [-0.1, -0.05) is 54.6 Å². The molecule has 0 spiro atoms. The van der Waals surface area contributed by atoms with Crippen LogP contribution in [0.2, 0.25) is 0 Å². The van der Waals surface area contributed by atoms with Crippen LogP contribution in [0.25, 0.3) is 0 Å². The highest BCUT2D eigenvalue weighted by Gasteiger charge is 2.56. The second kappa shape index (κ2) is 18.6. The summed E-state index contributed by atoms with van der Waals surface area (Å²) in [6.07, 6.45) is -15.9. The Morgan fingerprint density at radius 3 is 1.40 bits per heavy atom. The fourth-order valence-electron chi connectivity index (χ4n) is 5.99. The maximum atomic E-state index is 13.7. The Morgan fingerprint density at radius 2 is 0.945 bits per heavy atom. The molecule has 2 saturated heterocycles. The number of aliphatic hydroxyl groups excluding tert-OH is 1. The van der Waals surface area contributed by atoms with Crippen LogP contribution in [0.3, 0.4) is 0 Å². The first-order valence-electron chi connectivity index (χ1n) is 17.2. The van der Waals surface area contributed by atoms with E-state index in [1.807, 2.05) is 0 Å². The van der Waals surface area contributed by atoms with Crippen molar-refractivity contribution in [3.05, 3.63) is 108 Å². The minimum Gasteiger partial charge on any atom is -0.463 e. The zero-order valence-corrected chi connectivity index (χ0v) is 30.2. The first-order chi connectivity index (χ1) is 26.3. The van der Waals surface area contributed by atoms with Gasteiger partial charge in [-0.25, -0.2) is 14.4 Å². The van der Waals surface area contributed by atoms with E-state index in [9.17, 15) is 33.9 Å². The monoisotopic (exact) mass is 764 g/mol. The first kappa shape index (κ1) is 40.5. The predicted octanol–water partition coefficient (Wildman–Crippen LogP) is 2.94. The van der Waals surface area contributed by atoms with Crippen LogP contribution >= 0.6 is 0 Å². The molecule has 10 atom stereocenters. The lowest BCUT2D eigenvalue weighted by Gasteiger charge is -2.47. The molecule has 292 valence electrons. The summed E-state index contributed by atoms with van der Waals surface area (Å²) in [5.74, 6) is -5.08.